The van der Waals surface area contributed by atoms with Crippen molar-refractivity contribution in [2.24, 2.45) is 0 Å². The Labute approximate surface area is 146 Å². The van der Waals surface area contributed by atoms with E-state index in [1.54, 1.807) is 0 Å². The van der Waals surface area contributed by atoms with Crippen molar-refractivity contribution in [1.82, 2.24) is 0 Å². The zero-order chi connectivity index (χ0) is 15.4. The van der Waals surface area contributed by atoms with E-state index in [1.165, 1.54) is 3.57 Å². The van der Waals surface area contributed by atoms with Gasteiger partial charge in [0.1, 0.15) is 5.75 Å². The van der Waals surface area contributed by atoms with E-state index in [9.17, 15) is 4.79 Å². The number of amides is 1. The second-order valence-electron chi connectivity index (χ2n) is 4.71. The fraction of sp³-hybridized carbons (Fsp3) is 0.188. The van der Waals surface area contributed by atoms with Gasteiger partial charge in [-0.2, -0.15) is 0 Å². The van der Waals surface area contributed by atoms with Crippen molar-refractivity contribution < 1.29 is 9.53 Å². The van der Waals surface area contributed by atoms with Crippen LogP contribution in [0.5, 0.6) is 5.75 Å². The van der Waals surface area contributed by atoms with Gasteiger partial charge < -0.3 is 10.1 Å². The standard InChI is InChI=1S/C16H15BrINO2/c1-10-8-15(11(2)7-14(10)18)19-16(20)9-21-13-5-3-12(17)4-6-13/h3-8H,9H2,1-2H3,(H,19,20). The molecule has 0 spiro atoms. The van der Waals surface area contributed by atoms with Gasteiger partial charge in [0.2, 0.25) is 0 Å². The molecule has 0 atom stereocenters. The summed E-state index contributed by atoms with van der Waals surface area (Å²) in [6, 6.07) is 11.4. The van der Waals surface area contributed by atoms with Gasteiger partial charge in [0.25, 0.3) is 5.91 Å². The zero-order valence-electron chi connectivity index (χ0n) is 11.7. The molecule has 0 aliphatic heterocycles. The van der Waals surface area contributed by atoms with Gasteiger partial charge in [0.15, 0.2) is 6.61 Å². The van der Waals surface area contributed by atoms with Crippen LogP contribution in [0.2, 0.25) is 0 Å². The van der Waals surface area contributed by atoms with Gasteiger partial charge in [0.05, 0.1) is 0 Å². The number of anilines is 1. The molecule has 21 heavy (non-hydrogen) atoms. The molecular weight excluding hydrogens is 445 g/mol. The lowest BCUT2D eigenvalue weighted by Gasteiger charge is -2.11. The largest absolute Gasteiger partial charge is 0.484 e. The van der Waals surface area contributed by atoms with Crippen LogP contribution in [-0.4, -0.2) is 12.5 Å². The third kappa shape index (κ3) is 4.71. The van der Waals surface area contributed by atoms with E-state index in [4.69, 9.17) is 4.74 Å². The number of hydrogen-bond donors (Lipinski definition) is 1. The molecule has 5 heteroatoms. The number of rotatable bonds is 4. The average Bonchev–Trinajstić information content (AvgIpc) is 2.44. The summed E-state index contributed by atoms with van der Waals surface area (Å²) in [5.41, 5.74) is 3.02. The predicted molar refractivity (Wildman–Crippen MR) is 96.9 cm³/mol. The van der Waals surface area contributed by atoms with Crippen molar-refractivity contribution in [2.45, 2.75) is 13.8 Å². The number of benzene rings is 2. The van der Waals surface area contributed by atoms with Crippen molar-refractivity contribution in [3.05, 3.63) is 55.6 Å². The lowest BCUT2D eigenvalue weighted by molar-refractivity contribution is -0.118. The molecule has 1 N–H and O–H groups in total. The van der Waals surface area contributed by atoms with E-state index >= 15 is 0 Å². The Hall–Kier alpha value is -1.08. The third-order valence-electron chi connectivity index (χ3n) is 2.96. The Morgan fingerprint density at radius 1 is 1.19 bits per heavy atom. The molecule has 2 aromatic rings. The predicted octanol–water partition coefficient (Wildman–Crippen LogP) is 4.69. The first-order valence-electron chi connectivity index (χ1n) is 6.40. The second kappa shape index (κ2) is 7.26. The average molecular weight is 460 g/mol. The molecule has 110 valence electrons. The van der Waals surface area contributed by atoms with Crippen molar-refractivity contribution in [3.8, 4) is 5.75 Å². The maximum atomic E-state index is 12.0. The molecule has 0 aliphatic rings. The first-order chi connectivity index (χ1) is 9.95. The molecule has 0 saturated heterocycles. The highest BCUT2D eigenvalue weighted by Gasteiger charge is 2.08. The van der Waals surface area contributed by atoms with E-state index in [1.807, 2.05) is 44.2 Å². The summed E-state index contributed by atoms with van der Waals surface area (Å²) in [5, 5.41) is 2.88. The van der Waals surface area contributed by atoms with Crippen molar-refractivity contribution in [2.75, 3.05) is 11.9 Å². The summed E-state index contributed by atoms with van der Waals surface area (Å²) in [6.07, 6.45) is 0. The Balaban J connectivity index is 1.96. The monoisotopic (exact) mass is 459 g/mol. The molecule has 1 amide bonds. The highest BCUT2D eigenvalue weighted by molar-refractivity contribution is 14.1. The number of aryl methyl sites for hydroxylation is 2. The summed E-state index contributed by atoms with van der Waals surface area (Å²) >= 11 is 5.64. The fourth-order valence-electron chi connectivity index (χ4n) is 1.78. The molecule has 0 unspecified atom stereocenters. The molecule has 0 aromatic heterocycles. The van der Waals surface area contributed by atoms with E-state index in [-0.39, 0.29) is 12.5 Å². The summed E-state index contributed by atoms with van der Waals surface area (Å²) in [7, 11) is 0. The molecule has 2 aromatic carbocycles. The summed E-state index contributed by atoms with van der Waals surface area (Å²) < 4.78 is 7.62. The molecule has 0 heterocycles. The summed E-state index contributed by atoms with van der Waals surface area (Å²) in [5.74, 6) is 0.505. The number of nitrogens with one attached hydrogen (secondary N) is 1. The molecule has 0 fully saturated rings. The van der Waals surface area contributed by atoms with E-state index in [0.29, 0.717) is 5.75 Å². The lowest BCUT2D eigenvalue weighted by Crippen LogP contribution is -2.20. The highest BCUT2D eigenvalue weighted by atomic mass is 127. The molecule has 0 aliphatic carbocycles. The zero-order valence-corrected chi connectivity index (χ0v) is 15.5. The van der Waals surface area contributed by atoms with Gasteiger partial charge in [-0.3, -0.25) is 4.79 Å². The van der Waals surface area contributed by atoms with Gasteiger partial charge in [-0.15, -0.1) is 0 Å². The Kier molecular flexibility index (Phi) is 5.64. The van der Waals surface area contributed by atoms with Crippen LogP contribution in [0.4, 0.5) is 5.69 Å². The topological polar surface area (TPSA) is 38.3 Å². The maximum Gasteiger partial charge on any atom is 0.262 e. The molecule has 0 bridgehead atoms. The first-order valence-corrected chi connectivity index (χ1v) is 8.28. The number of carbonyl (C=O) groups excluding carboxylic acids is 1. The van der Waals surface area contributed by atoms with E-state index < -0.39 is 0 Å². The van der Waals surface area contributed by atoms with Crippen LogP contribution in [0.25, 0.3) is 0 Å². The van der Waals surface area contributed by atoms with Crippen LogP contribution < -0.4 is 10.1 Å². The molecule has 0 radical (unpaired) electrons. The van der Waals surface area contributed by atoms with Crippen LogP contribution in [0.1, 0.15) is 11.1 Å². The van der Waals surface area contributed by atoms with Crippen molar-refractivity contribution in [1.29, 1.82) is 0 Å². The Morgan fingerprint density at radius 2 is 1.86 bits per heavy atom. The Morgan fingerprint density at radius 3 is 2.52 bits per heavy atom. The van der Waals surface area contributed by atoms with Crippen LogP contribution >= 0.6 is 38.5 Å². The molecular formula is C16H15BrINO2. The number of hydrogen-bond acceptors (Lipinski definition) is 2. The van der Waals surface area contributed by atoms with Crippen LogP contribution in [0, 0.1) is 17.4 Å². The summed E-state index contributed by atoms with van der Waals surface area (Å²) in [6.45, 7) is 3.99. The Bertz CT molecular complexity index is 656. The van der Waals surface area contributed by atoms with Gasteiger partial charge in [-0.1, -0.05) is 15.9 Å². The normalized spacial score (nSPS) is 10.3. The SMILES string of the molecule is Cc1cc(NC(=O)COc2ccc(Br)cc2)c(C)cc1I. The quantitative estimate of drug-likeness (QED) is 0.673. The smallest absolute Gasteiger partial charge is 0.262 e. The fourth-order valence-corrected chi connectivity index (χ4v) is 2.67. The lowest BCUT2D eigenvalue weighted by atomic mass is 10.1. The molecule has 0 saturated carbocycles. The first kappa shape index (κ1) is 16.3. The highest BCUT2D eigenvalue weighted by Crippen LogP contribution is 2.22. The van der Waals surface area contributed by atoms with Gasteiger partial charge in [-0.25, -0.2) is 0 Å². The van der Waals surface area contributed by atoms with Gasteiger partial charge in [-0.05, 0) is 84.0 Å². The molecule has 3 nitrogen and oxygen atoms in total. The van der Waals surface area contributed by atoms with E-state index in [2.05, 4.69) is 49.9 Å². The minimum Gasteiger partial charge on any atom is -0.484 e. The van der Waals surface area contributed by atoms with Crippen LogP contribution in [-0.2, 0) is 4.79 Å². The number of carbonyl (C=O) groups is 1. The van der Waals surface area contributed by atoms with Crippen molar-refractivity contribution in [3.63, 3.8) is 0 Å². The maximum absolute atomic E-state index is 12.0. The molecule has 2 rings (SSSR count). The third-order valence-corrected chi connectivity index (χ3v) is 4.65. The second-order valence-corrected chi connectivity index (χ2v) is 6.78. The minimum atomic E-state index is -0.165. The number of halogens is 2. The van der Waals surface area contributed by atoms with Crippen LogP contribution in [0.15, 0.2) is 40.9 Å². The minimum absolute atomic E-state index is 0.00783. The van der Waals surface area contributed by atoms with E-state index in [0.717, 1.165) is 21.3 Å². The van der Waals surface area contributed by atoms with Gasteiger partial charge in [0, 0.05) is 13.7 Å². The van der Waals surface area contributed by atoms with Crippen LogP contribution in [0.3, 0.4) is 0 Å². The van der Waals surface area contributed by atoms with Gasteiger partial charge >= 0.3 is 0 Å². The number of ether oxygens (including phenoxy) is 1. The van der Waals surface area contributed by atoms with Crippen molar-refractivity contribution >= 4 is 50.1 Å². The summed E-state index contributed by atoms with van der Waals surface area (Å²) in [4.78, 5) is 12.0.